The van der Waals surface area contributed by atoms with Crippen molar-refractivity contribution >= 4 is 39.1 Å². The minimum atomic E-state index is -0.282. The second kappa shape index (κ2) is 7.51. The minimum absolute atomic E-state index is 0.282. The second-order valence-electron chi connectivity index (χ2n) is 4.36. The number of rotatable bonds is 5. The van der Waals surface area contributed by atoms with Crippen molar-refractivity contribution in [3.63, 3.8) is 0 Å². The first-order valence-corrected chi connectivity index (χ1v) is 7.80. The van der Waals surface area contributed by atoms with Gasteiger partial charge in [0.05, 0.1) is 28.9 Å². The van der Waals surface area contributed by atoms with Crippen molar-refractivity contribution in [2.75, 3.05) is 19.0 Å². The number of hydrogen-bond donors (Lipinski definition) is 1. The number of anilines is 1. The van der Waals surface area contributed by atoms with Gasteiger partial charge in [0.2, 0.25) is 0 Å². The summed E-state index contributed by atoms with van der Waals surface area (Å²) in [4.78, 5) is 12.4. The third-order valence-electron chi connectivity index (χ3n) is 2.90. The highest BCUT2D eigenvalue weighted by molar-refractivity contribution is 9.10. The maximum atomic E-state index is 12.4. The highest BCUT2D eigenvalue weighted by Gasteiger charge is 2.16. The van der Waals surface area contributed by atoms with Crippen LogP contribution in [-0.4, -0.2) is 19.6 Å². The van der Waals surface area contributed by atoms with E-state index < -0.39 is 0 Å². The van der Waals surface area contributed by atoms with Crippen molar-refractivity contribution in [2.45, 2.75) is 6.92 Å². The summed E-state index contributed by atoms with van der Waals surface area (Å²) in [5.41, 5.74) is 0.991. The zero-order valence-electron chi connectivity index (χ0n) is 12.2. The lowest BCUT2D eigenvalue weighted by Gasteiger charge is -2.13. The van der Waals surface area contributed by atoms with Crippen LogP contribution in [0.25, 0.3) is 0 Å². The molecule has 0 saturated heterocycles. The number of nitrogens with one attached hydrogen (secondary N) is 1. The molecule has 0 aliphatic rings. The van der Waals surface area contributed by atoms with E-state index in [-0.39, 0.29) is 5.91 Å². The van der Waals surface area contributed by atoms with Gasteiger partial charge in [0.15, 0.2) is 11.5 Å². The van der Waals surface area contributed by atoms with Gasteiger partial charge in [-0.25, -0.2) is 0 Å². The van der Waals surface area contributed by atoms with Gasteiger partial charge in [-0.1, -0.05) is 23.7 Å². The van der Waals surface area contributed by atoms with E-state index in [2.05, 4.69) is 21.2 Å². The minimum Gasteiger partial charge on any atom is -0.493 e. The van der Waals surface area contributed by atoms with Crippen LogP contribution in [0.2, 0.25) is 5.02 Å². The summed E-state index contributed by atoms with van der Waals surface area (Å²) in [6, 6.07) is 10.4. The normalized spacial score (nSPS) is 10.2. The van der Waals surface area contributed by atoms with Gasteiger partial charge in [-0.3, -0.25) is 4.79 Å². The molecule has 6 heteroatoms. The van der Waals surface area contributed by atoms with E-state index in [0.717, 1.165) is 0 Å². The number of halogens is 2. The topological polar surface area (TPSA) is 47.6 Å². The Morgan fingerprint density at radius 1 is 1.32 bits per heavy atom. The van der Waals surface area contributed by atoms with Gasteiger partial charge in [-0.05, 0) is 47.1 Å². The van der Waals surface area contributed by atoms with Crippen LogP contribution in [-0.2, 0) is 0 Å². The first-order chi connectivity index (χ1) is 10.6. The fourth-order valence-electron chi connectivity index (χ4n) is 1.89. The van der Waals surface area contributed by atoms with Crippen molar-refractivity contribution in [2.24, 2.45) is 0 Å². The third kappa shape index (κ3) is 3.72. The fraction of sp³-hybridized carbons (Fsp3) is 0.188. The molecular weight excluding hydrogens is 370 g/mol. The molecular formula is C16H15BrClNO3. The molecule has 0 heterocycles. The van der Waals surface area contributed by atoms with E-state index in [9.17, 15) is 4.79 Å². The van der Waals surface area contributed by atoms with Gasteiger partial charge >= 0.3 is 0 Å². The number of methoxy groups -OCH3 is 1. The van der Waals surface area contributed by atoms with Gasteiger partial charge in [-0.2, -0.15) is 0 Å². The Morgan fingerprint density at radius 2 is 2.05 bits per heavy atom. The zero-order valence-corrected chi connectivity index (χ0v) is 14.5. The third-order valence-corrected chi connectivity index (χ3v) is 3.82. The Labute approximate surface area is 142 Å². The monoisotopic (exact) mass is 383 g/mol. The summed E-state index contributed by atoms with van der Waals surface area (Å²) in [6.07, 6.45) is 0. The van der Waals surface area contributed by atoms with Crippen LogP contribution in [0.5, 0.6) is 11.5 Å². The van der Waals surface area contributed by atoms with Crippen LogP contribution in [0.3, 0.4) is 0 Å². The second-order valence-corrected chi connectivity index (χ2v) is 5.62. The van der Waals surface area contributed by atoms with Gasteiger partial charge in [0.25, 0.3) is 5.91 Å². The molecule has 0 radical (unpaired) electrons. The van der Waals surface area contributed by atoms with Crippen molar-refractivity contribution in [3.8, 4) is 11.5 Å². The van der Waals surface area contributed by atoms with Crippen molar-refractivity contribution in [3.05, 3.63) is 51.5 Å². The van der Waals surface area contributed by atoms with Crippen LogP contribution in [0.1, 0.15) is 17.3 Å². The van der Waals surface area contributed by atoms with E-state index in [1.807, 2.05) is 6.92 Å². The summed E-state index contributed by atoms with van der Waals surface area (Å²) in [5.74, 6) is 0.773. The molecule has 0 saturated carbocycles. The Hall–Kier alpha value is -1.72. The molecule has 0 unspecified atom stereocenters. The predicted octanol–water partition coefficient (Wildman–Crippen LogP) is 4.76. The summed E-state index contributed by atoms with van der Waals surface area (Å²) in [5, 5.41) is 3.25. The van der Waals surface area contributed by atoms with Gasteiger partial charge in [-0.15, -0.1) is 0 Å². The maximum Gasteiger partial charge on any atom is 0.255 e. The number of benzene rings is 2. The molecule has 116 valence electrons. The molecule has 2 aromatic rings. The molecule has 1 amide bonds. The summed E-state index contributed by atoms with van der Waals surface area (Å²) in [6.45, 7) is 2.38. The molecule has 1 N–H and O–H groups in total. The lowest BCUT2D eigenvalue weighted by atomic mass is 10.2. The fourth-order valence-corrected chi connectivity index (χ4v) is 2.63. The van der Waals surface area contributed by atoms with Gasteiger partial charge in [0, 0.05) is 5.56 Å². The molecule has 2 rings (SSSR count). The molecule has 0 atom stereocenters. The van der Waals surface area contributed by atoms with Gasteiger partial charge in [0.1, 0.15) is 0 Å². The zero-order chi connectivity index (χ0) is 16.1. The van der Waals surface area contributed by atoms with Crippen molar-refractivity contribution < 1.29 is 14.3 Å². The number of carbonyl (C=O) groups is 1. The number of ether oxygens (including phenoxy) is 2. The Bertz CT molecular complexity index is 691. The largest absolute Gasteiger partial charge is 0.493 e. The van der Waals surface area contributed by atoms with E-state index in [1.54, 1.807) is 36.4 Å². The number of hydrogen-bond acceptors (Lipinski definition) is 3. The lowest BCUT2D eigenvalue weighted by molar-refractivity contribution is 0.102. The quantitative estimate of drug-likeness (QED) is 0.808. The molecule has 0 spiro atoms. The average Bonchev–Trinajstić information content (AvgIpc) is 2.51. The molecule has 0 bridgehead atoms. The summed E-state index contributed by atoms with van der Waals surface area (Å²) in [7, 11) is 1.53. The highest BCUT2D eigenvalue weighted by Crippen LogP contribution is 2.37. The number of carbonyl (C=O) groups excluding carboxylic acids is 1. The summed E-state index contributed by atoms with van der Waals surface area (Å²) < 4.78 is 11.4. The number of amides is 1. The van der Waals surface area contributed by atoms with Crippen molar-refractivity contribution in [1.82, 2.24) is 0 Å². The summed E-state index contributed by atoms with van der Waals surface area (Å²) >= 11 is 9.44. The highest BCUT2D eigenvalue weighted by atomic mass is 79.9. The van der Waals surface area contributed by atoms with Crippen LogP contribution >= 0.6 is 27.5 Å². The Morgan fingerprint density at radius 3 is 2.68 bits per heavy atom. The van der Waals surface area contributed by atoms with Crippen LogP contribution in [0, 0.1) is 0 Å². The predicted molar refractivity (Wildman–Crippen MR) is 91.3 cm³/mol. The van der Waals surface area contributed by atoms with E-state index in [4.69, 9.17) is 21.1 Å². The first-order valence-electron chi connectivity index (χ1n) is 6.63. The average molecular weight is 385 g/mol. The lowest BCUT2D eigenvalue weighted by Crippen LogP contribution is -2.12. The van der Waals surface area contributed by atoms with E-state index in [1.165, 1.54) is 7.11 Å². The van der Waals surface area contributed by atoms with Crippen LogP contribution < -0.4 is 14.8 Å². The van der Waals surface area contributed by atoms with Crippen molar-refractivity contribution in [1.29, 1.82) is 0 Å². The molecule has 22 heavy (non-hydrogen) atoms. The molecule has 2 aromatic carbocycles. The Balaban J connectivity index is 2.30. The SMILES string of the molecule is CCOc1c(Br)cc(C(=O)Nc2ccccc2Cl)cc1OC. The number of para-hydroxylation sites is 1. The van der Waals surface area contributed by atoms with Gasteiger partial charge < -0.3 is 14.8 Å². The molecule has 0 aromatic heterocycles. The molecule has 0 aliphatic heterocycles. The maximum absolute atomic E-state index is 12.4. The molecule has 4 nitrogen and oxygen atoms in total. The van der Waals surface area contributed by atoms with Crippen LogP contribution in [0.15, 0.2) is 40.9 Å². The Kier molecular flexibility index (Phi) is 5.69. The molecule has 0 fully saturated rings. The first kappa shape index (κ1) is 16.6. The smallest absolute Gasteiger partial charge is 0.255 e. The van der Waals surface area contributed by atoms with Crippen LogP contribution in [0.4, 0.5) is 5.69 Å². The standard InChI is InChI=1S/C16H15BrClNO3/c1-3-22-15-11(17)8-10(9-14(15)21-2)16(20)19-13-7-5-4-6-12(13)18/h4-9H,3H2,1-2H3,(H,19,20). The molecule has 0 aliphatic carbocycles. The van der Waals surface area contributed by atoms with E-state index in [0.29, 0.717) is 38.9 Å². The van der Waals surface area contributed by atoms with E-state index >= 15 is 0 Å².